The topological polar surface area (TPSA) is 38.5 Å². The molecule has 2 rings (SSSR count). The van der Waals surface area contributed by atoms with E-state index in [4.69, 9.17) is 10.5 Å². The first-order valence-electron chi connectivity index (χ1n) is 7.40. The predicted molar refractivity (Wildman–Crippen MR) is 71.0 cm³/mol. The molecular formula is C14H28N2O. The van der Waals surface area contributed by atoms with Gasteiger partial charge in [0.2, 0.25) is 0 Å². The Balaban J connectivity index is 1.95. The highest BCUT2D eigenvalue weighted by Crippen LogP contribution is 2.26. The van der Waals surface area contributed by atoms with Gasteiger partial charge < -0.3 is 10.5 Å². The molecule has 0 aromatic carbocycles. The number of ether oxygens (including phenoxy) is 1. The molecule has 3 atom stereocenters. The molecule has 3 heteroatoms. The first kappa shape index (κ1) is 13.3. The van der Waals surface area contributed by atoms with Crippen molar-refractivity contribution in [3.8, 4) is 0 Å². The second-order valence-corrected chi connectivity index (χ2v) is 5.60. The zero-order chi connectivity index (χ0) is 12.1. The van der Waals surface area contributed by atoms with Gasteiger partial charge in [-0.25, -0.2) is 0 Å². The Morgan fingerprint density at radius 3 is 2.76 bits per heavy atom. The summed E-state index contributed by atoms with van der Waals surface area (Å²) in [6, 6.07) is 0.687. The smallest absolute Gasteiger partial charge is 0.0702 e. The zero-order valence-electron chi connectivity index (χ0n) is 11.2. The third-order valence-electron chi connectivity index (χ3n) is 4.47. The van der Waals surface area contributed by atoms with Crippen molar-refractivity contribution in [2.75, 3.05) is 26.2 Å². The molecular weight excluding hydrogens is 212 g/mol. The number of hydrogen-bond acceptors (Lipinski definition) is 3. The number of nitrogens with zero attached hydrogens (tertiary/aromatic N) is 1. The van der Waals surface area contributed by atoms with E-state index in [1.807, 2.05) is 0 Å². The van der Waals surface area contributed by atoms with Gasteiger partial charge in [-0.2, -0.15) is 0 Å². The van der Waals surface area contributed by atoms with Crippen LogP contribution in [0.4, 0.5) is 0 Å². The van der Waals surface area contributed by atoms with Crippen LogP contribution < -0.4 is 5.73 Å². The molecule has 2 aliphatic heterocycles. The fourth-order valence-corrected chi connectivity index (χ4v) is 3.52. The van der Waals surface area contributed by atoms with Crippen molar-refractivity contribution in [1.29, 1.82) is 0 Å². The number of rotatable bonds is 4. The summed E-state index contributed by atoms with van der Waals surface area (Å²) < 4.78 is 5.79. The van der Waals surface area contributed by atoms with E-state index in [0.717, 1.165) is 19.7 Å². The fraction of sp³-hybridized carbons (Fsp3) is 1.00. The summed E-state index contributed by atoms with van der Waals surface area (Å²) in [5.41, 5.74) is 5.95. The van der Waals surface area contributed by atoms with Gasteiger partial charge in [0.15, 0.2) is 0 Å². The Bertz CT molecular complexity index is 216. The van der Waals surface area contributed by atoms with E-state index in [1.165, 1.54) is 45.1 Å². The molecule has 2 heterocycles. The Morgan fingerprint density at radius 1 is 1.24 bits per heavy atom. The van der Waals surface area contributed by atoms with Crippen molar-refractivity contribution in [2.24, 2.45) is 11.7 Å². The summed E-state index contributed by atoms with van der Waals surface area (Å²) in [6.07, 6.45) is 8.21. The number of hydrogen-bond donors (Lipinski definition) is 1. The second-order valence-electron chi connectivity index (χ2n) is 5.60. The van der Waals surface area contributed by atoms with Gasteiger partial charge in [0, 0.05) is 19.2 Å². The SMILES string of the molecule is CC[C@@H]1[C@@H](CN)CCCCN1CC1CCCO1. The van der Waals surface area contributed by atoms with Crippen LogP contribution >= 0.6 is 0 Å². The molecule has 0 saturated carbocycles. The van der Waals surface area contributed by atoms with E-state index in [1.54, 1.807) is 0 Å². The van der Waals surface area contributed by atoms with Crippen LogP contribution in [0, 0.1) is 5.92 Å². The molecule has 0 spiro atoms. The minimum Gasteiger partial charge on any atom is -0.377 e. The molecule has 2 saturated heterocycles. The Hall–Kier alpha value is -0.120. The molecule has 0 aliphatic carbocycles. The molecule has 0 aromatic rings. The van der Waals surface area contributed by atoms with Crippen LogP contribution in [0.25, 0.3) is 0 Å². The van der Waals surface area contributed by atoms with Crippen LogP contribution in [0.1, 0.15) is 45.4 Å². The maximum Gasteiger partial charge on any atom is 0.0702 e. The number of likely N-dealkylation sites (tertiary alicyclic amines) is 1. The highest BCUT2D eigenvalue weighted by atomic mass is 16.5. The lowest BCUT2D eigenvalue weighted by molar-refractivity contribution is 0.0473. The van der Waals surface area contributed by atoms with Gasteiger partial charge in [-0.15, -0.1) is 0 Å². The lowest BCUT2D eigenvalue weighted by atomic mass is 9.92. The van der Waals surface area contributed by atoms with Crippen molar-refractivity contribution >= 4 is 0 Å². The highest BCUT2D eigenvalue weighted by molar-refractivity contribution is 4.84. The summed E-state index contributed by atoms with van der Waals surface area (Å²) in [7, 11) is 0. The van der Waals surface area contributed by atoms with E-state index >= 15 is 0 Å². The second kappa shape index (κ2) is 6.72. The van der Waals surface area contributed by atoms with Gasteiger partial charge in [-0.3, -0.25) is 4.90 Å². The zero-order valence-corrected chi connectivity index (χ0v) is 11.2. The van der Waals surface area contributed by atoms with Gasteiger partial charge in [0.1, 0.15) is 0 Å². The van der Waals surface area contributed by atoms with E-state index in [9.17, 15) is 0 Å². The van der Waals surface area contributed by atoms with Crippen molar-refractivity contribution in [3.05, 3.63) is 0 Å². The van der Waals surface area contributed by atoms with Crippen molar-refractivity contribution in [2.45, 2.75) is 57.6 Å². The first-order chi connectivity index (χ1) is 8.35. The quantitative estimate of drug-likeness (QED) is 0.817. The summed E-state index contributed by atoms with van der Waals surface area (Å²) in [5, 5.41) is 0. The molecule has 1 unspecified atom stereocenters. The third-order valence-corrected chi connectivity index (χ3v) is 4.47. The van der Waals surface area contributed by atoms with Crippen LogP contribution in [0.5, 0.6) is 0 Å². The number of nitrogens with two attached hydrogens (primary N) is 1. The standard InChI is InChI=1S/C14H28N2O/c1-2-14-12(10-15)6-3-4-8-16(14)11-13-7-5-9-17-13/h12-14H,2-11,15H2,1H3/t12-,13?,14-/m1/s1. The average molecular weight is 240 g/mol. The maximum absolute atomic E-state index is 5.95. The first-order valence-corrected chi connectivity index (χ1v) is 7.40. The molecule has 2 aliphatic rings. The van der Waals surface area contributed by atoms with Gasteiger partial charge in [0.05, 0.1) is 6.10 Å². The lowest BCUT2D eigenvalue weighted by Crippen LogP contribution is -2.45. The molecule has 2 N–H and O–H groups in total. The maximum atomic E-state index is 5.95. The van der Waals surface area contributed by atoms with Gasteiger partial charge in [-0.05, 0) is 51.1 Å². The monoisotopic (exact) mass is 240 g/mol. The molecule has 2 fully saturated rings. The van der Waals surface area contributed by atoms with E-state index in [0.29, 0.717) is 18.1 Å². The normalized spacial score (nSPS) is 36.0. The molecule has 100 valence electrons. The Morgan fingerprint density at radius 2 is 2.12 bits per heavy atom. The molecule has 0 aromatic heterocycles. The summed E-state index contributed by atoms with van der Waals surface area (Å²) in [6.45, 7) is 6.50. The van der Waals surface area contributed by atoms with E-state index < -0.39 is 0 Å². The van der Waals surface area contributed by atoms with Gasteiger partial charge in [-0.1, -0.05) is 13.3 Å². The van der Waals surface area contributed by atoms with Crippen LogP contribution in [-0.2, 0) is 4.74 Å². The van der Waals surface area contributed by atoms with Crippen molar-refractivity contribution in [3.63, 3.8) is 0 Å². The molecule has 0 radical (unpaired) electrons. The van der Waals surface area contributed by atoms with E-state index in [2.05, 4.69) is 11.8 Å². The van der Waals surface area contributed by atoms with Crippen molar-refractivity contribution < 1.29 is 4.74 Å². The van der Waals surface area contributed by atoms with Crippen LogP contribution in [0.3, 0.4) is 0 Å². The summed E-state index contributed by atoms with van der Waals surface area (Å²) in [4.78, 5) is 2.67. The molecule has 3 nitrogen and oxygen atoms in total. The average Bonchev–Trinajstić information content (AvgIpc) is 2.76. The Kier molecular flexibility index (Phi) is 5.26. The minimum atomic E-state index is 0.487. The summed E-state index contributed by atoms with van der Waals surface area (Å²) >= 11 is 0. The minimum absolute atomic E-state index is 0.487. The van der Waals surface area contributed by atoms with Crippen LogP contribution in [-0.4, -0.2) is 43.3 Å². The molecule has 0 amide bonds. The third kappa shape index (κ3) is 3.43. The summed E-state index contributed by atoms with van der Waals surface area (Å²) in [5.74, 6) is 0.698. The van der Waals surface area contributed by atoms with Crippen LogP contribution in [0.2, 0.25) is 0 Å². The van der Waals surface area contributed by atoms with Crippen molar-refractivity contribution in [1.82, 2.24) is 4.90 Å². The fourth-order valence-electron chi connectivity index (χ4n) is 3.52. The predicted octanol–water partition coefficient (Wildman–Crippen LogP) is 2.00. The molecule has 17 heavy (non-hydrogen) atoms. The van der Waals surface area contributed by atoms with E-state index in [-0.39, 0.29) is 0 Å². The molecule has 0 bridgehead atoms. The largest absolute Gasteiger partial charge is 0.377 e. The Labute approximate surface area is 106 Å². The highest BCUT2D eigenvalue weighted by Gasteiger charge is 2.30. The van der Waals surface area contributed by atoms with Gasteiger partial charge in [0.25, 0.3) is 0 Å². The lowest BCUT2D eigenvalue weighted by Gasteiger charge is -2.35. The van der Waals surface area contributed by atoms with Gasteiger partial charge >= 0.3 is 0 Å². The van der Waals surface area contributed by atoms with Crippen LogP contribution in [0.15, 0.2) is 0 Å².